The molecule has 3 heterocycles. The van der Waals surface area contributed by atoms with E-state index in [1.807, 2.05) is 29.6 Å². The molecule has 0 radical (unpaired) electrons. The quantitative estimate of drug-likeness (QED) is 0.165. The number of allylic oxidation sites excluding steroid dienone is 6. The second-order valence-electron chi connectivity index (χ2n) is 15.0. The van der Waals surface area contributed by atoms with Crippen LogP contribution in [0.4, 0.5) is 0 Å². The van der Waals surface area contributed by atoms with E-state index in [1.54, 1.807) is 0 Å². The van der Waals surface area contributed by atoms with E-state index in [9.17, 15) is 0 Å². The molecule has 9 aromatic rings. The van der Waals surface area contributed by atoms with Gasteiger partial charge in [0.15, 0.2) is 11.6 Å². The fraction of sp³-hybridized carbons (Fsp3) is 0.0577. The fourth-order valence-electron chi connectivity index (χ4n) is 9.79. The lowest BCUT2D eigenvalue weighted by Gasteiger charge is -2.27. The molecule has 6 aromatic carbocycles. The first kappa shape index (κ1) is 32.3. The van der Waals surface area contributed by atoms with Crippen molar-refractivity contribution in [3.8, 4) is 28.5 Å². The van der Waals surface area contributed by atoms with E-state index in [1.165, 1.54) is 64.9 Å². The molecule has 12 rings (SSSR count). The van der Waals surface area contributed by atoms with Crippen LogP contribution < -0.4 is 0 Å². The zero-order chi connectivity index (χ0) is 37.7. The molecule has 0 aliphatic heterocycles. The van der Waals surface area contributed by atoms with Crippen molar-refractivity contribution in [2.75, 3.05) is 0 Å². The van der Waals surface area contributed by atoms with Gasteiger partial charge in [-0.3, -0.25) is 4.57 Å². The molecule has 0 amide bonds. The summed E-state index contributed by atoms with van der Waals surface area (Å²) in [5.41, 5.74) is 13.8. The smallest absolute Gasteiger partial charge is 0.238 e. The summed E-state index contributed by atoms with van der Waals surface area (Å²) in [6, 6.07) is 50.3. The predicted octanol–water partition coefficient (Wildman–Crippen LogP) is 12.7. The molecule has 0 saturated heterocycles. The highest BCUT2D eigenvalue weighted by Gasteiger charge is 2.48. The molecule has 0 bridgehead atoms. The number of rotatable bonds is 5. The van der Waals surface area contributed by atoms with Gasteiger partial charge in [0.2, 0.25) is 5.95 Å². The number of aromatic nitrogens is 4. The topological polar surface area (TPSA) is 43.6 Å². The Morgan fingerprint density at radius 3 is 2.23 bits per heavy atom. The first-order valence-electron chi connectivity index (χ1n) is 19.5. The molecule has 3 aliphatic carbocycles. The van der Waals surface area contributed by atoms with Gasteiger partial charge in [-0.1, -0.05) is 164 Å². The first-order chi connectivity index (χ1) is 28.2. The summed E-state index contributed by atoms with van der Waals surface area (Å²) in [5.74, 6) is 1.97. The molecule has 0 fully saturated rings. The molecule has 1 unspecified atom stereocenters. The third-order valence-corrected chi connectivity index (χ3v) is 13.4. The molecule has 5 heteroatoms. The third kappa shape index (κ3) is 4.52. The average Bonchev–Trinajstić information content (AvgIpc) is 4.00. The summed E-state index contributed by atoms with van der Waals surface area (Å²) >= 11 is 1.84. The van der Waals surface area contributed by atoms with E-state index in [4.69, 9.17) is 15.0 Å². The van der Waals surface area contributed by atoms with Crippen LogP contribution in [0.3, 0.4) is 0 Å². The van der Waals surface area contributed by atoms with E-state index in [2.05, 4.69) is 163 Å². The summed E-state index contributed by atoms with van der Waals surface area (Å²) in [4.78, 5) is 17.4. The zero-order valence-electron chi connectivity index (χ0n) is 31.0. The minimum absolute atomic E-state index is 0.469. The van der Waals surface area contributed by atoms with Gasteiger partial charge in [-0.15, -0.1) is 11.3 Å². The van der Waals surface area contributed by atoms with Gasteiger partial charge in [-0.2, -0.15) is 9.97 Å². The minimum Gasteiger partial charge on any atom is -0.277 e. The van der Waals surface area contributed by atoms with Gasteiger partial charge < -0.3 is 0 Å². The van der Waals surface area contributed by atoms with Crippen molar-refractivity contribution >= 4 is 54.4 Å². The third-order valence-electron chi connectivity index (χ3n) is 12.1. The van der Waals surface area contributed by atoms with Gasteiger partial charge in [0, 0.05) is 37.0 Å². The number of hydrogen-bond donors (Lipinski definition) is 0. The highest BCUT2D eigenvalue weighted by molar-refractivity contribution is 7.20. The van der Waals surface area contributed by atoms with Crippen LogP contribution in [0.5, 0.6) is 0 Å². The summed E-state index contributed by atoms with van der Waals surface area (Å²) in [7, 11) is 0. The summed E-state index contributed by atoms with van der Waals surface area (Å²) < 4.78 is 3.61. The first-order valence-corrected chi connectivity index (χ1v) is 20.4. The molecule has 268 valence electrons. The van der Waals surface area contributed by atoms with Crippen LogP contribution in [-0.4, -0.2) is 19.5 Å². The number of para-hydroxylation sites is 1. The maximum Gasteiger partial charge on any atom is 0.238 e. The van der Waals surface area contributed by atoms with Crippen LogP contribution >= 0.6 is 11.3 Å². The maximum atomic E-state index is 5.50. The largest absolute Gasteiger partial charge is 0.277 e. The standard InChI is InChI=1S/C52H34N4S/c1-2-3-16-33-31-52(41-25-11-7-19-34(33)41)42-26-12-8-22-39(42)46-43(52)30-29-37-35-20-9-13-27-44(35)56(47(37)46)51-54-49(32-17-5-4-6-18-32)53-50(55-51)40-24-15-23-38-36-21-10-14-28-45(36)57-48(38)40/h2-14,16-22,24-31H,1,15,23H2/b16-3-. The molecular weight excluding hydrogens is 713 g/mol. The molecule has 3 aromatic heterocycles. The maximum absolute atomic E-state index is 5.50. The lowest BCUT2D eigenvalue weighted by molar-refractivity contribution is 0.821. The van der Waals surface area contributed by atoms with Gasteiger partial charge in [0.1, 0.15) is 0 Å². The lowest BCUT2D eigenvalue weighted by atomic mass is 9.74. The normalized spacial score (nSPS) is 16.6. The van der Waals surface area contributed by atoms with Gasteiger partial charge >= 0.3 is 0 Å². The van der Waals surface area contributed by atoms with Crippen molar-refractivity contribution in [3.05, 3.63) is 215 Å². The van der Waals surface area contributed by atoms with E-state index in [0.717, 1.165) is 40.4 Å². The fourth-order valence-corrected chi connectivity index (χ4v) is 11.1. The second-order valence-corrected chi connectivity index (χ2v) is 16.1. The highest BCUT2D eigenvalue weighted by Crippen LogP contribution is 2.60. The van der Waals surface area contributed by atoms with Gasteiger partial charge in [-0.25, -0.2) is 4.98 Å². The highest BCUT2D eigenvalue weighted by atomic mass is 32.1. The molecule has 1 spiro atoms. The summed E-state index contributed by atoms with van der Waals surface area (Å²) in [6.45, 7) is 3.98. The Kier molecular flexibility index (Phi) is 6.96. The summed E-state index contributed by atoms with van der Waals surface area (Å²) in [5, 5.41) is 3.67. The molecular formula is C52H34N4S. The zero-order valence-corrected chi connectivity index (χ0v) is 31.8. The molecule has 0 saturated carbocycles. The number of benzene rings is 6. The monoisotopic (exact) mass is 746 g/mol. The van der Waals surface area contributed by atoms with Crippen LogP contribution in [0.1, 0.15) is 44.9 Å². The lowest BCUT2D eigenvalue weighted by Crippen LogP contribution is -2.22. The number of aryl methyl sites for hydroxylation is 1. The molecule has 1 atom stereocenters. The average molecular weight is 747 g/mol. The molecule has 57 heavy (non-hydrogen) atoms. The van der Waals surface area contributed by atoms with Crippen molar-refractivity contribution < 1.29 is 0 Å². The van der Waals surface area contributed by atoms with Crippen molar-refractivity contribution in [2.24, 2.45) is 0 Å². The van der Waals surface area contributed by atoms with Crippen LogP contribution in [0.25, 0.3) is 71.5 Å². The van der Waals surface area contributed by atoms with Crippen LogP contribution in [-0.2, 0) is 11.8 Å². The van der Waals surface area contributed by atoms with E-state index in [0.29, 0.717) is 17.6 Å². The van der Waals surface area contributed by atoms with Crippen LogP contribution in [0.15, 0.2) is 176 Å². The number of nitrogens with zero attached hydrogens (tertiary/aromatic N) is 4. The number of thiophene rings is 1. The van der Waals surface area contributed by atoms with Gasteiger partial charge in [0.05, 0.1) is 16.4 Å². The Morgan fingerprint density at radius 2 is 1.37 bits per heavy atom. The van der Waals surface area contributed by atoms with Crippen molar-refractivity contribution in [3.63, 3.8) is 0 Å². The minimum atomic E-state index is -0.469. The van der Waals surface area contributed by atoms with Crippen LogP contribution in [0, 0.1) is 0 Å². The Morgan fingerprint density at radius 1 is 0.649 bits per heavy atom. The van der Waals surface area contributed by atoms with Crippen molar-refractivity contribution in [2.45, 2.75) is 18.3 Å². The Bertz CT molecular complexity index is 3270. The van der Waals surface area contributed by atoms with E-state index in [-0.39, 0.29) is 0 Å². The van der Waals surface area contributed by atoms with Crippen molar-refractivity contribution in [1.29, 1.82) is 0 Å². The SMILES string of the molecule is C=C/C=C\C1=CC2(c3ccccc31)c1ccccc1-c1c2ccc2c3ccccc3n(-c3nc(C4=CCCc5c4sc4ccccc54)nc(-c4ccccc4)n3)c12. The van der Waals surface area contributed by atoms with E-state index >= 15 is 0 Å². The predicted molar refractivity (Wildman–Crippen MR) is 236 cm³/mol. The van der Waals surface area contributed by atoms with Gasteiger partial charge in [-0.05, 0) is 69.3 Å². The van der Waals surface area contributed by atoms with Crippen LogP contribution in [0.2, 0.25) is 0 Å². The summed E-state index contributed by atoms with van der Waals surface area (Å²) in [6.07, 6.45) is 12.8. The Hall–Kier alpha value is -6.95. The van der Waals surface area contributed by atoms with Crippen molar-refractivity contribution in [1.82, 2.24) is 19.5 Å². The molecule has 4 nitrogen and oxygen atoms in total. The number of hydrogen-bond acceptors (Lipinski definition) is 4. The molecule has 0 N–H and O–H groups in total. The molecule has 3 aliphatic rings. The van der Waals surface area contributed by atoms with Gasteiger partial charge in [0.25, 0.3) is 0 Å². The van der Waals surface area contributed by atoms with E-state index < -0.39 is 5.41 Å². The Labute approximate surface area is 334 Å². The number of fused-ring (bicyclic) bond motifs is 14. The Balaban J connectivity index is 1.18. The second kappa shape index (κ2) is 12.3.